The topological polar surface area (TPSA) is 59.3 Å². The van der Waals surface area contributed by atoms with Gasteiger partial charge in [0.25, 0.3) is 0 Å². The minimum Gasteiger partial charge on any atom is -0.473 e. The fourth-order valence-electron chi connectivity index (χ4n) is 2.29. The Morgan fingerprint density at radius 3 is 2.72 bits per heavy atom. The normalized spacial score (nSPS) is 11.8. The van der Waals surface area contributed by atoms with Crippen LogP contribution in [0.4, 0.5) is 8.78 Å². The molecule has 0 aliphatic rings. The van der Waals surface area contributed by atoms with Crippen molar-refractivity contribution in [1.29, 1.82) is 0 Å². The number of aromatic nitrogens is 2. The molecule has 0 unspecified atom stereocenters. The Morgan fingerprint density at radius 1 is 1.28 bits per heavy atom. The number of aliphatic hydroxyl groups is 1. The van der Waals surface area contributed by atoms with Crippen molar-refractivity contribution < 1.29 is 18.6 Å². The summed E-state index contributed by atoms with van der Waals surface area (Å²) >= 11 is 0. The van der Waals surface area contributed by atoms with Crippen LogP contribution in [0.15, 0.2) is 24.3 Å². The number of nitrogens with one attached hydrogen (secondary N) is 1. The van der Waals surface area contributed by atoms with Crippen LogP contribution in [0.5, 0.6) is 5.88 Å². The van der Waals surface area contributed by atoms with Crippen LogP contribution in [0, 0.1) is 17.0 Å². The van der Waals surface area contributed by atoms with Crippen molar-refractivity contribution in [1.82, 2.24) is 15.1 Å². The second-order valence-electron chi connectivity index (χ2n) is 6.82. The van der Waals surface area contributed by atoms with Crippen LogP contribution in [-0.2, 0) is 19.7 Å². The lowest BCUT2D eigenvalue weighted by Gasteiger charge is -2.21. The maximum Gasteiger partial charge on any atom is 0.212 e. The highest BCUT2D eigenvalue weighted by atomic mass is 19.1. The predicted octanol–water partition coefficient (Wildman–Crippen LogP) is 2.87. The molecule has 0 fully saturated rings. The fourth-order valence-corrected chi connectivity index (χ4v) is 2.29. The molecule has 0 radical (unpaired) electrons. The van der Waals surface area contributed by atoms with E-state index in [0.29, 0.717) is 25.4 Å². The first kappa shape index (κ1) is 19.3. The minimum absolute atomic E-state index is 0.0718. The fraction of sp³-hybridized carbons (Fsp3) is 0.500. The van der Waals surface area contributed by atoms with E-state index in [0.717, 1.165) is 23.9 Å². The molecule has 1 aromatic carbocycles. The van der Waals surface area contributed by atoms with Gasteiger partial charge >= 0.3 is 0 Å². The molecule has 7 heteroatoms. The molecule has 0 amide bonds. The maximum absolute atomic E-state index is 13.7. The molecule has 0 saturated carbocycles. The Morgan fingerprint density at radius 2 is 2.04 bits per heavy atom. The van der Waals surface area contributed by atoms with Crippen LogP contribution in [0.3, 0.4) is 0 Å². The van der Waals surface area contributed by atoms with Crippen LogP contribution in [0.2, 0.25) is 0 Å². The first-order valence-electron chi connectivity index (χ1n) is 8.23. The molecule has 0 aliphatic heterocycles. The average Bonchev–Trinajstić information content (AvgIpc) is 2.96. The van der Waals surface area contributed by atoms with Gasteiger partial charge in [-0.1, -0.05) is 13.8 Å². The zero-order valence-electron chi connectivity index (χ0n) is 14.9. The number of hydrogen-bond donors (Lipinski definition) is 2. The lowest BCUT2D eigenvalue weighted by atomic mass is 9.91. The van der Waals surface area contributed by atoms with Crippen molar-refractivity contribution in [2.24, 2.45) is 5.41 Å². The third-order valence-corrected chi connectivity index (χ3v) is 3.96. The Labute approximate surface area is 146 Å². The summed E-state index contributed by atoms with van der Waals surface area (Å²) in [5.41, 5.74) is 0.707. The first-order valence-corrected chi connectivity index (χ1v) is 8.23. The van der Waals surface area contributed by atoms with Gasteiger partial charge in [0.05, 0.1) is 5.69 Å². The number of benzene rings is 1. The summed E-state index contributed by atoms with van der Waals surface area (Å²) in [6.45, 7) is 5.04. The maximum atomic E-state index is 13.7. The highest BCUT2D eigenvalue weighted by Gasteiger charge is 2.18. The van der Waals surface area contributed by atoms with Gasteiger partial charge in [-0.15, -0.1) is 0 Å². The van der Waals surface area contributed by atoms with Crippen molar-refractivity contribution in [3.8, 4) is 5.88 Å². The third-order valence-electron chi connectivity index (χ3n) is 3.96. The van der Waals surface area contributed by atoms with Gasteiger partial charge in [-0.2, -0.15) is 5.10 Å². The van der Waals surface area contributed by atoms with E-state index in [-0.39, 0.29) is 24.2 Å². The van der Waals surface area contributed by atoms with Crippen LogP contribution in [0.1, 0.15) is 31.5 Å². The largest absolute Gasteiger partial charge is 0.473 e. The molecule has 0 atom stereocenters. The molecular formula is C18H25F2N3O2. The van der Waals surface area contributed by atoms with E-state index in [1.807, 2.05) is 20.9 Å². The lowest BCUT2D eigenvalue weighted by molar-refractivity contribution is 0.141. The summed E-state index contributed by atoms with van der Waals surface area (Å²) in [6.07, 6.45) is 0.703. The van der Waals surface area contributed by atoms with Gasteiger partial charge < -0.3 is 15.2 Å². The Hall–Kier alpha value is -1.99. The van der Waals surface area contributed by atoms with Crippen molar-refractivity contribution in [3.05, 3.63) is 47.2 Å². The van der Waals surface area contributed by atoms with E-state index in [9.17, 15) is 13.9 Å². The minimum atomic E-state index is -0.510. The number of ether oxygens (including phenoxy) is 1. The van der Waals surface area contributed by atoms with Crippen LogP contribution in [0.25, 0.3) is 0 Å². The van der Waals surface area contributed by atoms with Crippen LogP contribution < -0.4 is 10.1 Å². The zero-order chi connectivity index (χ0) is 18.4. The molecule has 138 valence electrons. The Balaban J connectivity index is 2.13. The molecule has 2 rings (SSSR count). The van der Waals surface area contributed by atoms with Gasteiger partial charge in [0.2, 0.25) is 5.88 Å². The van der Waals surface area contributed by atoms with Crippen molar-refractivity contribution >= 4 is 0 Å². The van der Waals surface area contributed by atoms with Crippen molar-refractivity contribution in [2.45, 2.75) is 40.0 Å². The molecule has 0 saturated heterocycles. The number of aliphatic hydroxyl groups excluding tert-OH is 1. The summed E-state index contributed by atoms with van der Waals surface area (Å²) < 4.78 is 34.4. The summed E-state index contributed by atoms with van der Waals surface area (Å²) in [4.78, 5) is 0. The monoisotopic (exact) mass is 353 g/mol. The van der Waals surface area contributed by atoms with Crippen molar-refractivity contribution in [2.75, 3.05) is 13.7 Å². The van der Waals surface area contributed by atoms with E-state index >= 15 is 0 Å². The molecule has 25 heavy (non-hydrogen) atoms. The number of nitrogens with zero attached hydrogens (tertiary/aromatic N) is 2. The van der Waals surface area contributed by atoms with Gasteiger partial charge in [0.15, 0.2) is 0 Å². The molecule has 1 aromatic heterocycles. The lowest BCUT2D eigenvalue weighted by Crippen LogP contribution is -2.20. The summed E-state index contributed by atoms with van der Waals surface area (Å²) in [5, 5.41) is 16.9. The third kappa shape index (κ3) is 5.51. The Bertz CT molecular complexity index is 702. The quantitative estimate of drug-likeness (QED) is 0.728. The predicted molar refractivity (Wildman–Crippen MR) is 91.2 cm³/mol. The first-order chi connectivity index (χ1) is 11.8. The number of halogens is 2. The van der Waals surface area contributed by atoms with E-state index in [4.69, 9.17) is 4.74 Å². The zero-order valence-corrected chi connectivity index (χ0v) is 14.9. The number of aryl methyl sites for hydroxylation is 1. The molecule has 2 aromatic rings. The van der Waals surface area contributed by atoms with Gasteiger partial charge in [0, 0.05) is 31.3 Å². The second kappa shape index (κ2) is 8.40. The summed E-state index contributed by atoms with van der Waals surface area (Å²) in [7, 11) is 1.82. The van der Waals surface area contributed by atoms with Gasteiger partial charge in [0.1, 0.15) is 18.2 Å². The van der Waals surface area contributed by atoms with E-state index in [1.54, 1.807) is 10.7 Å². The summed E-state index contributed by atoms with van der Waals surface area (Å²) in [6, 6.07) is 5.06. The SMILES string of the molecule is CNCc1cc(OCc2cc(F)ccc2F)n(CCC(C)(C)CO)n1. The van der Waals surface area contributed by atoms with E-state index in [1.165, 1.54) is 0 Å². The average molecular weight is 353 g/mol. The smallest absolute Gasteiger partial charge is 0.212 e. The van der Waals surface area contributed by atoms with Crippen LogP contribution in [-0.4, -0.2) is 28.5 Å². The molecule has 5 nitrogen and oxygen atoms in total. The van der Waals surface area contributed by atoms with Gasteiger partial charge in [-0.3, -0.25) is 0 Å². The summed E-state index contributed by atoms with van der Waals surface area (Å²) in [5.74, 6) is -0.527. The molecule has 0 aliphatic carbocycles. The standard InChI is InChI=1S/C18H25F2N3O2/c1-18(2,12-24)6-7-23-17(9-15(22-23)10-21-3)25-11-13-8-14(19)4-5-16(13)20/h4-5,8-9,21,24H,6-7,10-12H2,1-3H3. The second-order valence-corrected chi connectivity index (χ2v) is 6.82. The number of rotatable bonds is 9. The highest BCUT2D eigenvalue weighted by Crippen LogP contribution is 2.23. The molecular weight excluding hydrogens is 328 g/mol. The van der Waals surface area contributed by atoms with Crippen molar-refractivity contribution in [3.63, 3.8) is 0 Å². The molecule has 0 spiro atoms. The van der Waals surface area contributed by atoms with Gasteiger partial charge in [-0.05, 0) is 37.1 Å². The highest BCUT2D eigenvalue weighted by molar-refractivity contribution is 5.20. The van der Waals surface area contributed by atoms with E-state index in [2.05, 4.69) is 10.4 Å². The molecule has 0 bridgehead atoms. The van der Waals surface area contributed by atoms with E-state index < -0.39 is 11.6 Å². The van der Waals surface area contributed by atoms with Crippen LogP contribution >= 0.6 is 0 Å². The molecule has 2 N–H and O–H groups in total. The van der Waals surface area contributed by atoms with Gasteiger partial charge in [-0.25, -0.2) is 13.5 Å². The number of hydrogen-bond acceptors (Lipinski definition) is 4. The molecule has 1 heterocycles. The Kier molecular flexibility index (Phi) is 6.50.